The van der Waals surface area contributed by atoms with Crippen molar-refractivity contribution in [3.8, 4) is 69.0 Å². The summed E-state index contributed by atoms with van der Waals surface area (Å²) in [5, 5.41) is 21.1. The Labute approximate surface area is 726 Å². The summed E-state index contributed by atoms with van der Waals surface area (Å²) >= 11 is 0. The number of methoxy groups -OCH3 is 12. The molecule has 0 aromatic heterocycles. The minimum atomic E-state index is -0.846. The van der Waals surface area contributed by atoms with E-state index in [1.807, 2.05) is 20.8 Å². The van der Waals surface area contributed by atoms with E-state index in [2.05, 4.69) is 36.5 Å². The minimum absolute atomic E-state index is 0.0377. The Morgan fingerprint density at radius 2 is 0.597 bits per heavy atom. The largest absolute Gasteiger partial charge is 0.493 e. The molecule has 28 heteroatoms. The monoisotopic (exact) mass is 1720 g/mol. The topological polar surface area (TPSA) is 335 Å². The number of esters is 7. The summed E-state index contributed by atoms with van der Waals surface area (Å²) in [4.78, 5) is 88.8. The summed E-state index contributed by atoms with van der Waals surface area (Å²) < 4.78 is 104. The molecule has 3 heterocycles. The molecular formula is C96H120O28. The van der Waals surface area contributed by atoms with Crippen LogP contribution in [0.1, 0.15) is 139 Å². The van der Waals surface area contributed by atoms with Crippen molar-refractivity contribution in [1.29, 1.82) is 0 Å². The van der Waals surface area contributed by atoms with E-state index in [-0.39, 0.29) is 59.9 Å². The van der Waals surface area contributed by atoms with Crippen molar-refractivity contribution in [3.63, 3.8) is 0 Å². The van der Waals surface area contributed by atoms with Crippen molar-refractivity contribution in [2.75, 3.05) is 85.3 Å². The van der Waals surface area contributed by atoms with Gasteiger partial charge in [0, 0.05) is 54.4 Å². The average Bonchev–Trinajstić information content (AvgIpc) is 1.56. The number of hydrogen-bond donors (Lipinski definition) is 2. The van der Waals surface area contributed by atoms with Gasteiger partial charge >= 0.3 is 41.8 Å². The number of allylic oxidation sites excluding steroid dienone is 6. The lowest BCUT2D eigenvalue weighted by Crippen LogP contribution is -2.27. The van der Waals surface area contributed by atoms with Gasteiger partial charge in [0.15, 0.2) is 46.0 Å². The van der Waals surface area contributed by atoms with E-state index in [4.69, 9.17) is 90.0 Å². The molecule has 0 unspecified atom stereocenters. The molecule has 15 atom stereocenters. The van der Waals surface area contributed by atoms with Crippen molar-refractivity contribution in [3.05, 3.63) is 168 Å². The molecule has 3 saturated carbocycles. The number of cyclic esters (lactones) is 3. The first-order valence-corrected chi connectivity index (χ1v) is 41.6. The van der Waals surface area contributed by atoms with Crippen molar-refractivity contribution in [2.24, 2.45) is 35.5 Å². The molecule has 3 aliphatic carbocycles. The lowest BCUT2D eigenvalue weighted by molar-refractivity contribution is -0.146. The molecule has 0 amide bonds. The third kappa shape index (κ3) is 29.4. The molecule has 0 saturated heterocycles. The van der Waals surface area contributed by atoms with Gasteiger partial charge < -0.3 is 100 Å². The third-order valence-electron chi connectivity index (χ3n) is 21.9. The summed E-state index contributed by atoms with van der Waals surface area (Å²) in [6.45, 7) is 5.59. The molecule has 0 radical (unpaired) electrons. The highest BCUT2D eigenvalue weighted by atomic mass is 16.6. The molecule has 28 nitrogen and oxygen atoms in total. The number of aliphatic hydroxyl groups excluding tert-OH is 2. The Morgan fingerprint density at radius 3 is 0.895 bits per heavy atom. The van der Waals surface area contributed by atoms with Crippen LogP contribution in [0.15, 0.2) is 146 Å². The Kier molecular flexibility index (Phi) is 39.3. The number of hydrogen-bond acceptors (Lipinski definition) is 28. The smallest absolute Gasteiger partial charge is 0.331 e. The molecule has 10 rings (SSSR count). The fraction of sp³-hybridized carbons (Fsp3) is 0.469. The molecule has 3 fully saturated rings. The van der Waals surface area contributed by atoms with Gasteiger partial charge in [-0.1, -0.05) is 36.5 Å². The predicted molar refractivity (Wildman–Crippen MR) is 464 cm³/mol. The van der Waals surface area contributed by atoms with E-state index in [0.29, 0.717) is 136 Å². The highest BCUT2D eigenvalue weighted by Gasteiger charge is 2.42. The van der Waals surface area contributed by atoms with Crippen molar-refractivity contribution < 1.29 is 134 Å². The Hall–Kier alpha value is -11.9. The first-order chi connectivity index (χ1) is 59.8. The lowest BCUT2D eigenvalue weighted by atomic mass is 9.89. The third-order valence-corrected chi connectivity index (χ3v) is 21.9. The second kappa shape index (κ2) is 50.0. The van der Waals surface area contributed by atoms with E-state index in [0.717, 1.165) is 51.4 Å². The van der Waals surface area contributed by atoms with Crippen molar-refractivity contribution in [1.82, 2.24) is 0 Å². The molecule has 672 valence electrons. The maximum absolute atomic E-state index is 13.3. The van der Waals surface area contributed by atoms with Crippen LogP contribution in [0.4, 0.5) is 0 Å². The Bertz CT molecular complexity index is 4430. The van der Waals surface area contributed by atoms with Crippen LogP contribution in [-0.2, 0) is 66.7 Å². The zero-order valence-electron chi connectivity index (χ0n) is 73.4. The molecule has 0 bridgehead atoms. The molecule has 0 spiro atoms. The van der Waals surface area contributed by atoms with Gasteiger partial charge in [0.05, 0.1) is 116 Å². The molecule has 4 aromatic carbocycles. The zero-order chi connectivity index (χ0) is 89.8. The normalized spacial score (nSPS) is 26.3. The number of carbonyl (C=O) groups is 7. The van der Waals surface area contributed by atoms with E-state index in [9.17, 15) is 43.8 Å². The van der Waals surface area contributed by atoms with Crippen molar-refractivity contribution >= 4 is 66.1 Å². The van der Waals surface area contributed by atoms with E-state index in [1.165, 1.54) is 134 Å². The summed E-state index contributed by atoms with van der Waals surface area (Å²) in [6, 6.07) is 13.8. The van der Waals surface area contributed by atoms with E-state index in [1.54, 1.807) is 85.0 Å². The SMILES string of the molecule is COc1cc(/C=C/C(=O)O[C@@H]2/C=C/C(=O)O[C@@H](C)CCC/C=C/[C@@H]3C[C@H](O)C[C@H]32)cc(OC)c1OC.COc1cc(/C=C/C(=O)O[C@@H]2C[C@@H]3[C@H](/C=C/CCC[C@H](C)OC(=O)/C=C/[C@H]3OC(=O)/C=C/c3cc(OC)c(OC)c(OC)c3)C2)cc(OC)c1OC.COc1cc(/C=C/C(=O)O[C@@H]2C[C@H]3[C@H](O)/C=C/C(=O)O[C@@H](C)CCC/C=C/[C@@H]3C2)cc(OC)c1OC. The zero-order valence-corrected chi connectivity index (χ0v) is 73.4. The fourth-order valence-corrected chi connectivity index (χ4v) is 15.9. The maximum Gasteiger partial charge on any atom is 0.331 e. The molecular weight excluding hydrogens is 1600 g/mol. The molecule has 6 aliphatic rings. The van der Waals surface area contributed by atoms with E-state index >= 15 is 0 Å². The molecule has 124 heavy (non-hydrogen) atoms. The van der Waals surface area contributed by atoms with Gasteiger partial charge in [0.2, 0.25) is 23.0 Å². The van der Waals surface area contributed by atoms with Crippen LogP contribution in [0.5, 0.6) is 69.0 Å². The van der Waals surface area contributed by atoms with Gasteiger partial charge in [-0.2, -0.15) is 0 Å². The molecule has 4 aromatic rings. The van der Waals surface area contributed by atoms with Crippen molar-refractivity contribution in [2.45, 2.75) is 172 Å². The predicted octanol–water partition coefficient (Wildman–Crippen LogP) is 15.0. The standard InChI is InChI=1S/C40H48O12.2C28H36O8/c1-25-11-9-8-10-12-28-23-29(51-37(42)16-13-26-19-32(44-2)39(48-6)33(20-26)45-3)24-30(28)31(15-18-36(41)50-25)52-38(43)17-14-27-21-34(46-4)40(49-7)35(22-27)47-5;1-18-8-6-5-7-9-20-16-21(17-22(20)23(29)11-13-26(30)35-18)36-27(31)12-10-19-14-24(32-2)28(34-4)25(15-19)33-3;1-18-8-6-5-7-9-20-16-21(29)17-22(20)23(11-13-26(30)35-18)36-27(31)12-10-19-14-24(32-2)28(34-4)25(15-19)33-3/h10,12-22,25,28-31H,8-9,11,23-24H2,1-7H3;2*7,9-15,18,20-23,29H,5-6,8,16-17H2,1-4H3/b12-10+,16-13+,17-14+,18-15+;2*9-7+,12-10+,13-11+/t25-,28+,29-,30+,31+;2*18-,20+,21-,22+,23+/m000/s1. The van der Waals surface area contributed by atoms with Gasteiger partial charge in [0.25, 0.3) is 0 Å². The molecule has 2 N–H and O–H groups in total. The molecule has 3 aliphatic heterocycles. The minimum Gasteiger partial charge on any atom is -0.493 e. The quantitative estimate of drug-likeness (QED) is 0.0285. The van der Waals surface area contributed by atoms with Gasteiger partial charge in [-0.3, -0.25) is 0 Å². The first-order valence-electron chi connectivity index (χ1n) is 41.6. The first kappa shape index (κ1) is 97.5. The highest BCUT2D eigenvalue weighted by molar-refractivity contribution is 5.90. The summed E-state index contributed by atoms with van der Waals surface area (Å²) in [6.07, 6.45) is 39.0. The number of rotatable bonds is 24. The summed E-state index contributed by atoms with van der Waals surface area (Å²) in [5.74, 6) is 1.12. The van der Waals surface area contributed by atoms with Crippen LogP contribution in [-0.4, -0.2) is 192 Å². The van der Waals surface area contributed by atoms with Crippen LogP contribution in [0.3, 0.4) is 0 Å². The van der Waals surface area contributed by atoms with Crippen LogP contribution in [0, 0.1) is 35.5 Å². The lowest BCUT2D eigenvalue weighted by Gasteiger charge is -2.24. The number of carbonyl (C=O) groups excluding carboxylic acids is 7. The van der Waals surface area contributed by atoms with Gasteiger partial charge in [-0.05, 0) is 254 Å². The average molecular weight is 1720 g/mol. The maximum atomic E-state index is 13.3. The van der Waals surface area contributed by atoms with Crippen LogP contribution >= 0.6 is 0 Å². The number of fused-ring (bicyclic) bond motifs is 3. The second-order valence-electron chi connectivity index (χ2n) is 30.5. The van der Waals surface area contributed by atoms with Gasteiger partial charge in [-0.15, -0.1) is 0 Å². The van der Waals surface area contributed by atoms with Gasteiger partial charge in [-0.25, -0.2) is 33.6 Å². The summed E-state index contributed by atoms with van der Waals surface area (Å²) in [5.41, 5.74) is 2.61. The van der Waals surface area contributed by atoms with Crippen LogP contribution in [0.2, 0.25) is 0 Å². The van der Waals surface area contributed by atoms with Crippen LogP contribution < -0.4 is 56.8 Å². The van der Waals surface area contributed by atoms with E-state index < -0.39 is 72.3 Å². The summed E-state index contributed by atoms with van der Waals surface area (Å²) in [7, 11) is 18.2. The number of ether oxygens (including phenoxy) is 19. The second-order valence-corrected chi connectivity index (χ2v) is 30.5. The Balaban J connectivity index is 0.000000237. The van der Waals surface area contributed by atoms with Gasteiger partial charge in [0.1, 0.15) is 24.4 Å². The number of benzene rings is 4. The number of aliphatic hydroxyl groups is 2. The fourth-order valence-electron chi connectivity index (χ4n) is 15.9. The van der Waals surface area contributed by atoms with Crippen LogP contribution in [0.25, 0.3) is 24.3 Å². The highest BCUT2D eigenvalue weighted by Crippen LogP contribution is 2.46. The Morgan fingerprint density at radius 1 is 0.331 bits per heavy atom.